The number of hydrogen-bond acceptors (Lipinski definition) is 0. The van der Waals surface area contributed by atoms with E-state index in [-0.39, 0.29) is 0 Å². The topological polar surface area (TPSA) is 0 Å². The van der Waals surface area contributed by atoms with Gasteiger partial charge in [-0.2, -0.15) is 0 Å². The molecule has 1 fully saturated rings. The van der Waals surface area contributed by atoms with Gasteiger partial charge in [0.2, 0.25) is 0 Å². The molecule has 0 nitrogen and oxygen atoms in total. The fraction of sp³-hybridized carbons (Fsp3) is 0.800. The Morgan fingerprint density at radius 3 is 2.33 bits per heavy atom. The van der Waals surface area contributed by atoms with Crippen molar-refractivity contribution in [3.63, 3.8) is 0 Å². The van der Waals surface area contributed by atoms with Crippen molar-refractivity contribution in [2.45, 2.75) is 25.9 Å². The van der Waals surface area contributed by atoms with Gasteiger partial charge in [0.25, 0.3) is 0 Å². The quantitative estimate of drug-likeness (QED) is 0.443. The summed E-state index contributed by atoms with van der Waals surface area (Å²) in [7, 11) is 1.21. The van der Waals surface area contributed by atoms with Crippen LogP contribution in [-0.2, 0) is 0 Å². The van der Waals surface area contributed by atoms with Crippen LogP contribution >= 0.6 is 8.58 Å². The van der Waals surface area contributed by atoms with Crippen molar-refractivity contribution in [1.29, 1.82) is 0 Å². The van der Waals surface area contributed by atoms with Crippen molar-refractivity contribution in [1.82, 2.24) is 0 Å². The summed E-state index contributed by atoms with van der Waals surface area (Å²) < 4.78 is 0. The molecule has 0 N–H and O–H groups in total. The zero-order chi connectivity index (χ0) is 4.57. The molecule has 1 aliphatic rings. The van der Waals surface area contributed by atoms with E-state index >= 15 is 0 Å². The van der Waals surface area contributed by atoms with E-state index in [4.69, 9.17) is 0 Å². The van der Waals surface area contributed by atoms with Gasteiger partial charge in [-0.05, 0) is 12.1 Å². The van der Waals surface area contributed by atoms with E-state index in [1.165, 1.54) is 15.0 Å². The van der Waals surface area contributed by atoms with E-state index in [1.807, 2.05) is 0 Å². The number of hydrogen-bond donors (Lipinski definition) is 0. The van der Waals surface area contributed by atoms with Crippen molar-refractivity contribution >= 4 is 8.58 Å². The fourth-order valence-corrected chi connectivity index (χ4v) is 1.52. The van der Waals surface area contributed by atoms with E-state index in [0.29, 0.717) is 0 Å². The molecule has 0 aliphatic carbocycles. The van der Waals surface area contributed by atoms with Crippen molar-refractivity contribution in [2.75, 3.05) is 0 Å². The first kappa shape index (κ1) is 4.59. The molecule has 1 heterocycles. The van der Waals surface area contributed by atoms with E-state index < -0.39 is 0 Å². The molecule has 1 saturated heterocycles. The van der Waals surface area contributed by atoms with Crippen LogP contribution in [0.5, 0.6) is 0 Å². The first-order valence-electron chi connectivity index (χ1n) is 2.44. The van der Waals surface area contributed by atoms with Crippen LogP contribution in [0.3, 0.4) is 0 Å². The highest BCUT2D eigenvalue weighted by atomic mass is 31.1. The number of rotatable bonds is 1. The fourth-order valence-electron chi connectivity index (χ4n) is 0.641. The predicted octanol–water partition coefficient (Wildman–Crippen LogP) is 2.01. The first-order valence-corrected chi connectivity index (χ1v) is 3.52. The summed E-state index contributed by atoms with van der Waals surface area (Å²) in [6.45, 7) is 4.51. The van der Waals surface area contributed by atoms with Crippen molar-refractivity contribution in [3.8, 4) is 0 Å². The van der Waals surface area contributed by atoms with Crippen LogP contribution in [-0.4, -0.2) is 5.66 Å². The van der Waals surface area contributed by atoms with Crippen molar-refractivity contribution in [2.24, 2.45) is 0 Å². The van der Waals surface area contributed by atoms with Gasteiger partial charge in [-0.25, -0.2) is 0 Å². The SMILES string of the molecule is CCC1P[C]1C. The van der Waals surface area contributed by atoms with Gasteiger partial charge in [0.1, 0.15) is 0 Å². The van der Waals surface area contributed by atoms with Crippen molar-refractivity contribution in [3.05, 3.63) is 5.66 Å². The Balaban J connectivity index is 2.09. The molecule has 0 amide bonds. The lowest BCUT2D eigenvalue weighted by Crippen LogP contribution is -1.74. The van der Waals surface area contributed by atoms with Gasteiger partial charge in [0.05, 0.1) is 0 Å². The van der Waals surface area contributed by atoms with Crippen LogP contribution in [0.2, 0.25) is 0 Å². The lowest BCUT2D eigenvalue weighted by atomic mass is 10.3. The summed E-state index contributed by atoms with van der Waals surface area (Å²) in [6.07, 6.45) is 1.38. The minimum absolute atomic E-state index is 1.05. The van der Waals surface area contributed by atoms with Gasteiger partial charge in [0.15, 0.2) is 0 Å². The van der Waals surface area contributed by atoms with E-state index in [9.17, 15) is 0 Å². The molecule has 0 aromatic heterocycles. The molecule has 0 bridgehead atoms. The Bertz CT molecular complexity index is 49.9. The third kappa shape index (κ3) is 0.733. The molecule has 35 valence electrons. The molecule has 0 aromatic rings. The minimum atomic E-state index is 1.05. The maximum absolute atomic E-state index is 2.26. The minimum Gasteiger partial charge on any atom is -0.110 e. The molecular weight excluding hydrogens is 91.0 g/mol. The average Bonchev–Trinajstić information content (AvgIpc) is 2.19. The van der Waals surface area contributed by atoms with E-state index in [2.05, 4.69) is 13.8 Å². The normalized spacial score (nSPS) is 38.0. The lowest BCUT2D eigenvalue weighted by molar-refractivity contribution is 0.965. The Labute approximate surface area is 41.1 Å². The zero-order valence-electron chi connectivity index (χ0n) is 4.28. The predicted molar refractivity (Wildman–Crippen MR) is 31.3 cm³/mol. The van der Waals surface area contributed by atoms with E-state index in [1.54, 1.807) is 5.66 Å². The molecule has 1 radical (unpaired) electrons. The Morgan fingerprint density at radius 1 is 1.83 bits per heavy atom. The molecule has 1 rings (SSSR count). The second kappa shape index (κ2) is 1.50. The first-order chi connectivity index (χ1) is 2.84. The second-order valence-electron chi connectivity index (χ2n) is 1.79. The molecule has 2 unspecified atom stereocenters. The smallest absolute Gasteiger partial charge is 0.00143 e. The van der Waals surface area contributed by atoms with Gasteiger partial charge in [-0.15, -0.1) is 8.58 Å². The molecule has 0 saturated carbocycles. The van der Waals surface area contributed by atoms with Crippen molar-refractivity contribution < 1.29 is 0 Å². The molecule has 2 atom stereocenters. The summed E-state index contributed by atoms with van der Waals surface area (Å²) in [4.78, 5) is 0. The van der Waals surface area contributed by atoms with Crippen LogP contribution in [0, 0.1) is 5.66 Å². The maximum Gasteiger partial charge on any atom is 0.00143 e. The van der Waals surface area contributed by atoms with Crippen LogP contribution < -0.4 is 0 Å². The third-order valence-electron chi connectivity index (χ3n) is 1.25. The van der Waals surface area contributed by atoms with Gasteiger partial charge in [-0.3, -0.25) is 0 Å². The summed E-state index contributed by atoms with van der Waals surface area (Å²) in [5.41, 5.74) is 2.78. The van der Waals surface area contributed by atoms with Crippen LogP contribution in [0.4, 0.5) is 0 Å². The standard InChI is InChI=1S/C5H10P/c1-3-5-4(2)6-5/h5-6H,3H2,1-2H3. The molecule has 0 spiro atoms. The van der Waals surface area contributed by atoms with E-state index in [0.717, 1.165) is 5.66 Å². The highest BCUT2D eigenvalue weighted by molar-refractivity contribution is 7.52. The average molecular weight is 101 g/mol. The van der Waals surface area contributed by atoms with Gasteiger partial charge >= 0.3 is 0 Å². The lowest BCUT2D eigenvalue weighted by Gasteiger charge is -1.77. The largest absolute Gasteiger partial charge is 0.110 e. The molecule has 1 heteroatoms. The van der Waals surface area contributed by atoms with Crippen LogP contribution in [0.25, 0.3) is 0 Å². The summed E-state index contributed by atoms with van der Waals surface area (Å²) in [5.74, 6) is 0. The third-order valence-corrected chi connectivity index (χ3v) is 2.93. The second-order valence-corrected chi connectivity index (χ2v) is 3.56. The summed E-state index contributed by atoms with van der Waals surface area (Å²) >= 11 is 0. The van der Waals surface area contributed by atoms with Gasteiger partial charge in [-0.1, -0.05) is 13.8 Å². The maximum atomic E-state index is 2.26. The molecule has 0 aromatic carbocycles. The van der Waals surface area contributed by atoms with Gasteiger partial charge in [0, 0.05) is 5.66 Å². The van der Waals surface area contributed by atoms with Crippen LogP contribution in [0.15, 0.2) is 0 Å². The Morgan fingerprint density at radius 2 is 2.33 bits per heavy atom. The zero-order valence-corrected chi connectivity index (χ0v) is 5.28. The highest BCUT2D eigenvalue weighted by Crippen LogP contribution is 2.57. The summed E-state index contributed by atoms with van der Waals surface area (Å²) in [5, 5.41) is 0. The summed E-state index contributed by atoms with van der Waals surface area (Å²) in [6, 6.07) is 0. The molecule has 1 aliphatic heterocycles. The van der Waals surface area contributed by atoms with Crippen LogP contribution in [0.1, 0.15) is 20.3 Å². The highest BCUT2D eigenvalue weighted by Gasteiger charge is 2.30. The Kier molecular flexibility index (Phi) is 1.15. The van der Waals surface area contributed by atoms with Gasteiger partial charge < -0.3 is 0 Å². The molecular formula is C5H10P. The monoisotopic (exact) mass is 101 g/mol. The Hall–Kier alpha value is 0.430. The molecule has 6 heavy (non-hydrogen) atoms.